The van der Waals surface area contributed by atoms with E-state index < -0.39 is 23.9 Å². The molecule has 2 atom stereocenters. The van der Waals surface area contributed by atoms with E-state index in [1.165, 1.54) is 17.0 Å². The monoisotopic (exact) mass is 302 g/mol. The van der Waals surface area contributed by atoms with Crippen LogP contribution in [0.1, 0.15) is 17.5 Å². The normalized spacial score (nSPS) is 22.3. The first kappa shape index (κ1) is 15.8. The van der Waals surface area contributed by atoms with E-state index in [0.717, 1.165) is 12.1 Å². The Hall–Kier alpha value is -1.60. The van der Waals surface area contributed by atoms with Gasteiger partial charge in [0.05, 0.1) is 17.7 Å². The summed E-state index contributed by atoms with van der Waals surface area (Å²) in [6.07, 6.45) is -4.53. The van der Waals surface area contributed by atoms with E-state index in [-0.39, 0.29) is 12.5 Å². The summed E-state index contributed by atoms with van der Waals surface area (Å²) in [6.45, 7) is 0.607. The SMILES string of the molecule is CN(Cc1ccc(C(F)(F)F)cc1)C(=O)C1CC(O)CN1. The highest BCUT2D eigenvalue weighted by Crippen LogP contribution is 2.29. The molecule has 2 rings (SSSR count). The van der Waals surface area contributed by atoms with Gasteiger partial charge in [-0.15, -0.1) is 0 Å². The second-order valence-corrected chi connectivity index (χ2v) is 5.24. The predicted octanol–water partition coefficient (Wildman–Crippen LogP) is 1.39. The molecule has 0 radical (unpaired) electrons. The molecular weight excluding hydrogens is 285 g/mol. The number of carbonyl (C=O) groups excluding carboxylic acids is 1. The summed E-state index contributed by atoms with van der Waals surface area (Å²) < 4.78 is 37.4. The van der Waals surface area contributed by atoms with Crippen LogP contribution in [0.4, 0.5) is 13.2 Å². The predicted molar refractivity (Wildman–Crippen MR) is 70.3 cm³/mol. The maximum Gasteiger partial charge on any atom is 0.416 e. The highest BCUT2D eigenvalue weighted by atomic mass is 19.4. The van der Waals surface area contributed by atoms with Crippen molar-refractivity contribution in [3.8, 4) is 0 Å². The van der Waals surface area contributed by atoms with Crippen molar-refractivity contribution in [2.24, 2.45) is 0 Å². The van der Waals surface area contributed by atoms with Gasteiger partial charge in [-0.25, -0.2) is 0 Å². The third kappa shape index (κ3) is 3.95. The van der Waals surface area contributed by atoms with Gasteiger partial charge in [0.1, 0.15) is 0 Å². The lowest BCUT2D eigenvalue weighted by molar-refractivity contribution is -0.137. The van der Waals surface area contributed by atoms with Crippen LogP contribution in [-0.2, 0) is 17.5 Å². The number of aliphatic hydroxyl groups is 1. The molecule has 0 saturated carbocycles. The third-order valence-corrected chi connectivity index (χ3v) is 3.48. The maximum atomic E-state index is 12.5. The lowest BCUT2D eigenvalue weighted by Gasteiger charge is -2.21. The second-order valence-electron chi connectivity index (χ2n) is 5.24. The van der Waals surface area contributed by atoms with Gasteiger partial charge in [-0.1, -0.05) is 12.1 Å². The van der Waals surface area contributed by atoms with Crippen molar-refractivity contribution in [2.45, 2.75) is 31.3 Å². The summed E-state index contributed by atoms with van der Waals surface area (Å²) >= 11 is 0. The number of carbonyl (C=O) groups is 1. The summed E-state index contributed by atoms with van der Waals surface area (Å²) in [6, 6.07) is 4.31. The molecular formula is C14H17F3N2O2. The Labute approximate surface area is 120 Å². The van der Waals surface area contributed by atoms with Gasteiger partial charge < -0.3 is 15.3 Å². The standard InChI is InChI=1S/C14H17F3N2O2/c1-19(13(21)12-6-11(20)7-18-12)8-9-2-4-10(5-3-9)14(15,16)17/h2-5,11-12,18,20H,6-8H2,1H3. The van der Waals surface area contributed by atoms with Crippen LogP contribution in [-0.4, -0.2) is 41.7 Å². The Morgan fingerprint density at radius 3 is 2.48 bits per heavy atom. The molecule has 1 aliphatic heterocycles. The number of β-amino-alcohol motifs (C(OH)–C–C–N with tert-alkyl or cyclic N) is 1. The molecule has 1 aromatic carbocycles. The van der Waals surface area contributed by atoms with Gasteiger partial charge in [0.2, 0.25) is 5.91 Å². The van der Waals surface area contributed by atoms with E-state index in [2.05, 4.69) is 5.32 Å². The Morgan fingerprint density at radius 1 is 1.38 bits per heavy atom. The number of benzene rings is 1. The number of aliphatic hydroxyl groups excluding tert-OH is 1. The van der Waals surface area contributed by atoms with E-state index >= 15 is 0 Å². The Balaban J connectivity index is 1.96. The molecule has 1 heterocycles. The lowest BCUT2D eigenvalue weighted by Crippen LogP contribution is -2.41. The molecule has 2 N–H and O–H groups in total. The number of nitrogens with zero attached hydrogens (tertiary/aromatic N) is 1. The van der Waals surface area contributed by atoms with Gasteiger partial charge >= 0.3 is 6.18 Å². The Morgan fingerprint density at radius 2 is 2.00 bits per heavy atom. The largest absolute Gasteiger partial charge is 0.416 e. The zero-order valence-electron chi connectivity index (χ0n) is 11.5. The van der Waals surface area contributed by atoms with Crippen molar-refractivity contribution in [2.75, 3.05) is 13.6 Å². The topological polar surface area (TPSA) is 52.6 Å². The van der Waals surface area contributed by atoms with Crippen molar-refractivity contribution >= 4 is 5.91 Å². The first-order valence-electron chi connectivity index (χ1n) is 6.60. The molecule has 21 heavy (non-hydrogen) atoms. The number of hydrogen-bond donors (Lipinski definition) is 2. The molecule has 0 bridgehead atoms. The van der Waals surface area contributed by atoms with Crippen LogP contribution in [0.5, 0.6) is 0 Å². The molecule has 4 nitrogen and oxygen atoms in total. The van der Waals surface area contributed by atoms with Gasteiger partial charge in [0, 0.05) is 20.1 Å². The van der Waals surface area contributed by atoms with Crippen LogP contribution >= 0.6 is 0 Å². The molecule has 1 amide bonds. The zero-order valence-corrected chi connectivity index (χ0v) is 11.5. The number of likely N-dealkylation sites (N-methyl/N-ethyl adjacent to an activating group) is 1. The molecule has 116 valence electrons. The Kier molecular flexibility index (Phi) is 4.53. The number of rotatable bonds is 3. The van der Waals surface area contributed by atoms with Gasteiger partial charge in [-0.05, 0) is 24.1 Å². The fourth-order valence-corrected chi connectivity index (χ4v) is 2.32. The molecule has 2 unspecified atom stereocenters. The summed E-state index contributed by atoms with van der Waals surface area (Å²) in [5.74, 6) is -0.175. The molecule has 0 spiro atoms. The van der Waals surface area contributed by atoms with E-state index in [0.29, 0.717) is 18.5 Å². The van der Waals surface area contributed by atoms with Crippen LogP contribution in [0.15, 0.2) is 24.3 Å². The van der Waals surface area contributed by atoms with Crippen LogP contribution in [0.2, 0.25) is 0 Å². The van der Waals surface area contributed by atoms with Gasteiger partial charge in [-0.2, -0.15) is 13.2 Å². The number of alkyl halides is 3. The highest BCUT2D eigenvalue weighted by Gasteiger charge is 2.31. The molecule has 0 aliphatic carbocycles. The second kappa shape index (κ2) is 6.03. The van der Waals surface area contributed by atoms with Crippen molar-refractivity contribution in [1.82, 2.24) is 10.2 Å². The van der Waals surface area contributed by atoms with E-state index in [4.69, 9.17) is 0 Å². The minimum Gasteiger partial charge on any atom is -0.392 e. The van der Waals surface area contributed by atoms with E-state index in [1.807, 2.05) is 0 Å². The summed E-state index contributed by atoms with van der Waals surface area (Å²) in [4.78, 5) is 13.5. The summed E-state index contributed by atoms with van der Waals surface area (Å²) in [5, 5.41) is 12.3. The Bertz CT molecular complexity index is 502. The van der Waals surface area contributed by atoms with Gasteiger partial charge in [-0.3, -0.25) is 4.79 Å². The van der Waals surface area contributed by atoms with Gasteiger partial charge in [0.15, 0.2) is 0 Å². The zero-order chi connectivity index (χ0) is 15.6. The van der Waals surface area contributed by atoms with Crippen LogP contribution < -0.4 is 5.32 Å². The molecule has 1 aliphatic rings. The van der Waals surface area contributed by atoms with Gasteiger partial charge in [0.25, 0.3) is 0 Å². The van der Waals surface area contributed by atoms with Crippen LogP contribution in [0, 0.1) is 0 Å². The summed E-state index contributed by atoms with van der Waals surface area (Å²) in [7, 11) is 1.59. The maximum absolute atomic E-state index is 12.5. The molecule has 1 saturated heterocycles. The average molecular weight is 302 g/mol. The van der Waals surface area contributed by atoms with E-state index in [1.54, 1.807) is 7.05 Å². The molecule has 1 fully saturated rings. The average Bonchev–Trinajstić information content (AvgIpc) is 2.84. The first-order chi connectivity index (χ1) is 9.77. The number of nitrogens with one attached hydrogen (secondary N) is 1. The summed E-state index contributed by atoms with van der Waals surface area (Å²) in [5.41, 5.74) is -0.0850. The number of halogens is 3. The van der Waals surface area contributed by atoms with Crippen molar-refractivity contribution in [3.05, 3.63) is 35.4 Å². The lowest BCUT2D eigenvalue weighted by atomic mass is 10.1. The van der Waals surface area contributed by atoms with E-state index in [9.17, 15) is 23.1 Å². The quantitative estimate of drug-likeness (QED) is 0.887. The highest BCUT2D eigenvalue weighted by molar-refractivity contribution is 5.82. The van der Waals surface area contributed by atoms with Crippen molar-refractivity contribution in [1.29, 1.82) is 0 Å². The van der Waals surface area contributed by atoms with Crippen molar-refractivity contribution in [3.63, 3.8) is 0 Å². The van der Waals surface area contributed by atoms with Crippen LogP contribution in [0.25, 0.3) is 0 Å². The fraction of sp³-hybridized carbons (Fsp3) is 0.500. The molecule has 7 heteroatoms. The van der Waals surface area contributed by atoms with Crippen molar-refractivity contribution < 1.29 is 23.1 Å². The minimum atomic E-state index is -4.36. The number of hydrogen-bond acceptors (Lipinski definition) is 3. The smallest absolute Gasteiger partial charge is 0.392 e. The fourth-order valence-electron chi connectivity index (χ4n) is 2.32. The molecule has 1 aromatic rings. The number of amides is 1. The molecule has 0 aromatic heterocycles. The first-order valence-corrected chi connectivity index (χ1v) is 6.60. The minimum absolute atomic E-state index is 0.175. The third-order valence-electron chi connectivity index (χ3n) is 3.48. The van der Waals surface area contributed by atoms with Crippen LogP contribution in [0.3, 0.4) is 0 Å².